The highest BCUT2D eigenvalue weighted by Gasteiger charge is 2.42. The van der Waals surface area contributed by atoms with Gasteiger partial charge in [-0.15, -0.1) is 0 Å². The van der Waals surface area contributed by atoms with Gasteiger partial charge in [-0.2, -0.15) is 0 Å². The number of rotatable bonds is 4. The van der Waals surface area contributed by atoms with Crippen LogP contribution in [-0.4, -0.2) is 26.0 Å². The zero-order valence-electron chi connectivity index (χ0n) is 13.4. The Labute approximate surface area is 143 Å². The number of hydrogen-bond acceptors (Lipinski definition) is 4. The minimum absolute atomic E-state index is 0.287. The number of nitrogens with zero attached hydrogens (tertiary/aromatic N) is 1. The van der Waals surface area contributed by atoms with Gasteiger partial charge in [0.25, 0.3) is 11.8 Å². The van der Waals surface area contributed by atoms with Gasteiger partial charge in [-0.3, -0.25) is 14.3 Å². The first kappa shape index (κ1) is 17.5. The van der Waals surface area contributed by atoms with E-state index in [1.807, 2.05) is 4.72 Å². The molecule has 0 spiro atoms. The van der Waals surface area contributed by atoms with E-state index in [0.717, 1.165) is 25.0 Å². The second-order valence-electron chi connectivity index (χ2n) is 5.87. The summed E-state index contributed by atoms with van der Waals surface area (Å²) in [6.07, 6.45) is 2.24. The predicted octanol–water partition coefficient (Wildman–Crippen LogP) is 2.47. The van der Waals surface area contributed by atoms with E-state index in [-0.39, 0.29) is 16.9 Å². The summed E-state index contributed by atoms with van der Waals surface area (Å²) in [5.74, 6) is -4.20. The number of sulfonamides is 1. The van der Waals surface area contributed by atoms with E-state index in [2.05, 4.69) is 0 Å². The fourth-order valence-electron chi connectivity index (χ4n) is 3.01. The molecule has 134 valence electrons. The summed E-state index contributed by atoms with van der Waals surface area (Å²) in [6, 6.07) is 1.74. The van der Waals surface area contributed by atoms with Crippen LogP contribution in [0.25, 0.3) is 0 Å². The van der Waals surface area contributed by atoms with Crippen molar-refractivity contribution in [2.24, 2.45) is 0 Å². The summed E-state index contributed by atoms with van der Waals surface area (Å²) in [5, 5.41) is 0. The number of anilines is 2. The highest BCUT2D eigenvalue weighted by atomic mass is 32.2. The standard InChI is InChI=1S/C16H16F2N2O4S/c1-2-25(23,24)19-12-8-7-11(17)14(13(12)18)20-15(21)9-5-3-4-6-10(9)16(20)22/h7-8,19H,2-6H2,1H3. The Morgan fingerprint density at radius 1 is 1.08 bits per heavy atom. The molecular weight excluding hydrogens is 354 g/mol. The molecule has 2 amide bonds. The fourth-order valence-corrected chi connectivity index (χ4v) is 3.64. The topological polar surface area (TPSA) is 83.6 Å². The zero-order chi connectivity index (χ0) is 18.4. The summed E-state index contributed by atoms with van der Waals surface area (Å²) >= 11 is 0. The molecule has 1 aromatic rings. The molecular formula is C16H16F2N2O4S. The Kier molecular flexibility index (Phi) is 4.36. The third kappa shape index (κ3) is 2.92. The molecule has 0 saturated heterocycles. The lowest BCUT2D eigenvalue weighted by Gasteiger charge is -2.18. The van der Waals surface area contributed by atoms with E-state index < -0.39 is 44.8 Å². The quantitative estimate of drug-likeness (QED) is 0.826. The Hall–Kier alpha value is -2.29. The smallest absolute Gasteiger partial charge is 0.261 e. The molecule has 1 N–H and O–H groups in total. The molecule has 1 aromatic carbocycles. The van der Waals surface area contributed by atoms with Crippen molar-refractivity contribution < 1.29 is 26.8 Å². The Balaban J connectivity index is 2.06. The van der Waals surface area contributed by atoms with E-state index in [1.165, 1.54) is 6.92 Å². The maximum Gasteiger partial charge on any atom is 0.261 e. The predicted molar refractivity (Wildman–Crippen MR) is 87.4 cm³/mol. The van der Waals surface area contributed by atoms with Crippen LogP contribution in [0.3, 0.4) is 0 Å². The molecule has 0 atom stereocenters. The summed E-state index contributed by atoms with van der Waals surface area (Å²) in [4.78, 5) is 25.4. The SMILES string of the molecule is CCS(=O)(=O)Nc1ccc(F)c(N2C(=O)C3=C(CCCC3)C2=O)c1F. The molecule has 1 heterocycles. The summed E-state index contributed by atoms with van der Waals surface area (Å²) in [6.45, 7) is 1.36. The molecule has 25 heavy (non-hydrogen) atoms. The number of carbonyl (C=O) groups excluding carboxylic acids is 2. The van der Waals surface area contributed by atoms with Crippen molar-refractivity contribution in [1.82, 2.24) is 0 Å². The number of amides is 2. The van der Waals surface area contributed by atoms with Gasteiger partial charge in [-0.25, -0.2) is 22.1 Å². The molecule has 2 aliphatic rings. The van der Waals surface area contributed by atoms with Crippen molar-refractivity contribution in [2.75, 3.05) is 15.4 Å². The molecule has 0 radical (unpaired) electrons. The zero-order valence-corrected chi connectivity index (χ0v) is 14.3. The van der Waals surface area contributed by atoms with Crippen molar-refractivity contribution in [3.63, 3.8) is 0 Å². The Morgan fingerprint density at radius 2 is 1.64 bits per heavy atom. The van der Waals surface area contributed by atoms with Gasteiger partial charge >= 0.3 is 0 Å². The van der Waals surface area contributed by atoms with Crippen LogP contribution in [0.2, 0.25) is 0 Å². The van der Waals surface area contributed by atoms with Gasteiger partial charge in [0, 0.05) is 11.1 Å². The monoisotopic (exact) mass is 370 g/mol. The van der Waals surface area contributed by atoms with Crippen LogP contribution in [0.5, 0.6) is 0 Å². The fraction of sp³-hybridized carbons (Fsp3) is 0.375. The van der Waals surface area contributed by atoms with Crippen LogP contribution in [0.1, 0.15) is 32.6 Å². The molecule has 1 aliphatic heterocycles. The molecule has 9 heteroatoms. The van der Waals surface area contributed by atoms with E-state index in [9.17, 15) is 26.8 Å². The maximum atomic E-state index is 14.7. The van der Waals surface area contributed by atoms with Crippen molar-refractivity contribution in [3.05, 3.63) is 34.9 Å². The Bertz CT molecular complexity index is 881. The van der Waals surface area contributed by atoms with Gasteiger partial charge in [0.2, 0.25) is 10.0 Å². The molecule has 0 fully saturated rings. The highest BCUT2D eigenvalue weighted by molar-refractivity contribution is 7.92. The van der Waals surface area contributed by atoms with Crippen LogP contribution in [0.15, 0.2) is 23.3 Å². The van der Waals surface area contributed by atoms with Gasteiger partial charge in [0.1, 0.15) is 5.69 Å². The summed E-state index contributed by atoms with van der Waals surface area (Å²) in [7, 11) is -3.81. The molecule has 0 aromatic heterocycles. The lowest BCUT2D eigenvalue weighted by atomic mass is 9.93. The normalized spacial score (nSPS) is 18.0. The number of halogens is 2. The first-order chi connectivity index (χ1) is 11.8. The summed E-state index contributed by atoms with van der Waals surface area (Å²) in [5.41, 5.74) is -0.784. The van der Waals surface area contributed by atoms with Crippen molar-refractivity contribution >= 4 is 33.2 Å². The van der Waals surface area contributed by atoms with Crippen molar-refractivity contribution in [2.45, 2.75) is 32.6 Å². The van der Waals surface area contributed by atoms with Gasteiger partial charge in [0.05, 0.1) is 11.4 Å². The van der Waals surface area contributed by atoms with Crippen molar-refractivity contribution in [3.8, 4) is 0 Å². The molecule has 6 nitrogen and oxygen atoms in total. The second-order valence-corrected chi connectivity index (χ2v) is 7.88. The third-order valence-corrected chi connectivity index (χ3v) is 5.62. The second kappa shape index (κ2) is 6.21. The minimum atomic E-state index is -3.81. The van der Waals surface area contributed by atoms with Crippen LogP contribution < -0.4 is 9.62 Å². The van der Waals surface area contributed by atoms with Gasteiger partial charge in [-0.05, 0) is 44.7 Å². The van der Waals surface area contributed by atoms with Gasteiger partial charge < -0.3 is 0 Å². The lowest BCUT2D eigenvalue weighted by Crippen LogP contribution is -2.33. The highest BCUT2D eigenvalue weighted by Crippen LogP contribution is 2.39. The number of nitrogens with one attached hydrogen (secondary N) is 1. The van der Waals surface area contributed by atoms with E-state index in [4.69, 9.17) is 0 Å². The first-order valence-corrected chi connectivity index (χ1v) is 9.51. The van der Waals surface area contributed by atoms with Gasteiger partial charge in [-0.1, -0.05) is 0 Å². The molecule has 0 saturated carbocycles. The summed E-state index contributed by atoms with van der Waals surface area (Å²) < 4.78 is 54.3. The van der Waals surface area contributed by atoms with E-state index in [1.54, 1.807) is 0 Å². The number of carbonyl (C=O) groups is 2. The molecule has 0 bridgehead atoms. The van der Waals surface area contributed by atoms with Crippen molar-refractivity contribution in [1.29, 1.82) is 0 Å². The molecule has 3 rings (SSSR count). The van der Waals surface area contributed by atoms with Gasteiger partial charge in [0.15, 0.2) is 11.6 Å². The van der Waals surface area contributed by atoms with E-state index >= 15 is 0 Å². The molecule has 1 aliphatic carbocycles. The lowest BCUT2D eigenvalue weighted by molar-refractivity contribution is -0.120. The van der Waals surface area contributed by atoms with Crippen LogP contribution in [0.4, 0.5) is 20.2 Å². The molecule has 0 unspecified atom stereocenters. The number of imide groups is 1. The van der Waals surface area contributed by atoms with Crippen LogP contribution >= 0.6 is 0 Å². The minimum Gasteiger partial charge on any atom is -0.280 e. The number of benzene rings is 1. The first-order valence-electron chi connectivity index (χ1n) is 7.86. The maximum absolute atomic E-state index is 14.7. The van der Waals surface area contributed by atoms with E-state index in [0.29, 0.717) is 17.7 Å². The van der Waals surface area contributed by atoms with Crippen LogP contribution in [-0.2, 0) is 19.6 Å². The third-order valence-electron chi connectivity index (χ3n) is 4.33. The Morgan fingerprint density at radius 3 is 2.16 bits per heavy atom. The average Bonchev–Trinajstić information content (AvgIpc) is 2.83. The largest absolute Gasteiger partial charge is 0.280 e. The average molecular weight is 370 g/mol. The van der Waals surface area contributed by atoms with Crippen LogP contribution in [0, 0.1) is 11.6 Å². The number of hydrogen-bond donors (Lipinski definition) is 1.